The van der Waals surface area contributed by atoms with Crippen LogP contribution in [0.3, 0.4) is 0 Å². The van der Waals surface area contributed by atoms with Gasteiger partial charge in [-0.15, -0.1) is 13.2 Å². The minimum atomic E-state index is -0.833. The van der Waals surface area contributed by atoms with Crippen LogP contribution in [-0.4, -0.2) is 187 Å². The van der Waals surface area contributed by atoms with Crippen molar-refractivity contribution in [3.63, 3.8) is 0 Å². The second kappa shape index (κ2) is 58.4. The van der Waals surface area contributed by atoms with Crippen molar-refractivity contribution >= 4 is 172 Å². The minimum absolute atomic E-state index is 0. The summed E-state index contributed by atoms with van der Waals surface area (Å²) in [6.45, 7) is 9.25. The molecule has 8 nitrogen and oxygen atoms in total. The topological polar surface area (TPSA) is 182 Å². The van der Waals surface area contributed by atoms with Crippen LogP contribution in [0.1, 0.15) is 20.8 Å². The fourth-order valence-electron chi connectivity index (χ4n) is 0. The molecule has 0 saturated heterocycles. The fraction of sp³-hybridized carbons (Fsp3) is 0.375. The summed E-state index contributed by atoms with van der Waals surface area (Å²) < 4.78 is 0. The van der Waals surface area contributed by atoms with Crippen LogP contribution in [-0.2, 0) is 14.4 Å². The van der Waals surface area contributed by atoms with Crippen LogP contribution >= 0.6 is 0 Å². The molecule has 0 spiro atoms. The van der Waals surface area contributed by atoms with Crippen molar-refractivity contribution in [2.75, 3.05) is 0 Å². The van der Waals surface area contributed by atoms with Crippen molar-refractivity contribution in [3.8, 4) is 0 Å². The molecule has 19 heavy (non-hydrogen) atoms. The van der Waals surface area contributed by atoms with E-state index in [2.05, 4.69) is 13.2 Å². The third-order valence-corrected chi connectivity index (χ3v) is 0. The molecule has 0 aromatic carbocycles. The van der Waals surface area contributed by atoms with E-state index in [0.717, 1.165) is 20.8 Å². The normalized spacial score (nSPS) is 4.16. The third-order valence-electron chi connectivity index (χ3n) is 0. The van der Waals surface area contributed by atoms with Crippen molar-refractivity contribution in [1.29, 1.82) is 0 Å². The quantitative estimate of drug-likeness (QED) is 0.281. The van der Waals surface area contributed by atoms with Gasteiger partial charge in [-0.25, -0.2) is 0 Å². The number of hydrogen-bond acceptors (Lipinski definition) is 5. The molecule has 0 radical (unpaired) electrons. The van der Waals surface area contributed by atoms with E-state index in [1.54, 1.807) is 0 Å². The van der Waals surface area contributed by atoms with Crippen LogP contribution in [0.5, 0.6) is 0 Å². The van der Waals surface area contributed by atoms with E-state index in [1.807, 2.05) is 0 Å². The summed E-state index contributed by atoms with van der Waals surface area (Å²) in [5, 5.41) is 22.2. The standard InChI is InChI=1S/3C2H4O2.C2H4.3K.2H3N.3H/c3*1-2(3)4;1-2;;;;;;;;/h3*1H3,(H,3,4);1-2H2;;;;2*1H3;;;. The van der Waals surface area contributed by atoms with Gasteiger partial charge in [-0.1, -0.05) is 0 Å². The molecule has 0 aliphatic rings. The predicted octanol–water partition coefficient (Wildman–Crippen LogP) is -0.547. The number of hydrogen-bond donors (Lipinski definition) is 5. The fourth-order valence-corrected chi connectivity index (χ4v) is 0. The first-order valence-electron chi connectivity index (χ1n) is 3.28. The van der Waals surface area contributed by atoms with Crippen LogP contribution in [0.4, 0.5) is 0 Å². The van der Waals surface area contributed by atoms with Crippen LogP contribution < -0.4 is 12.3 Å². The number of carboxylic acid groups (broad SMARTS) is 3. The molecular weight excluding hydrogens is 337 g/mol. The Labute approximate surface area is 242 Å². The van der Waals surface area contributed by atoms with Gasteiger partial charge < -0.3 is 27.6 Å². The summed E-state index contributed by atoms with van der Waals surface area (Å²) in [6.07, 6.45) is 0. The van der Waals surface area contributed by atoms with Gasteiger partial charge in [0.1, 0.15) is 0 Å². The zero-order valence-corrected chi connectivity index (χ0v) is 9.89. The molecule has 0 amide bonds. The van der Waals surface area contributed by atoms with Gasteiger partial charge in [0.2, 0.25) is 0 Å². The average Bonchev–Trinajstić information content (AvgIpc) is 1.86. The molecular formula is C8H25K3N2O6. The van der Waals surface area contributed by atoms with E-state index < -0.39 is 17.9 Å². The van der Waals surface area contributed by atoms with E-state index in [4.69, 9.17) is 29.7 Å². The Bertz CT molecular complexity index is 143. The number of aliphatic carboxylic acids is 3. The number of carboxylic acids is 3. The number of rotatable bonds is 0. The van der Waals surface area contributed by atoms with Gasteiger partial charge in [-0.3, -0.25) is 14.4 Å². The molecule has 0 aliphatic carbocycles. The molecule has 0 atom stereocenters. The summed E-state index contributed by atoms with van der Waals surface area (Å²) in [7, 11) is 0. The Morgan fingerprint density at radius 1 is 0.632 bits per heavy atom. The van der Waals surface area contributed by atoms with E-state index in [9.17, 15) is 0 Å². The number of carbonyl (C=O) groups is 3. The van der Waals surface area contributed by atoms with E-state index in [1.165, 1.54) is 0 Å². The first-order valence-corrected chi connectivity index (χ1v) is 3.28. The molecule has 9 N–H and O–H groups in total. The van der Waals surface area contributed by atoms with Crippen LogP contribution in [0.15, 0.2) is 13.2 Å². The van der Waals surface area contributed by atoms with Crippen LogP contribution in [0.2, 0.25) is 0 Å². The molecule has 0 rings (SSSR count). The Morgan fingerprint density at radius 3 is 0.632 bits per heavy atom. The zero-order valence-electron chi connectivity index (χ0n) is 9.89. The summed E-state index contributed by atoms with van der Waals surface area (Å²) in [6, 6.07) is 0. The monoisotopic (exact) mass is 362 g/mol. The molecule has 0 bridgehead atoms. The molecule has 0 aromatic heterocycles. The molecule has 11 heteroatoms. The maximum absolute atomic E-state index is 9.00. The second-order valence-corrected chi connectivity index (χ2v) is 1.56. The van der Waals surface area contributed by atoms with Crippen molar-refractivity contribution in [3.05, 3.63) is 13.2 Å². The van der Waals surface area contributed by atoms with Crippen molar-refractivity contribution in [1.82, 2.24) is 12.3 Å². The molecule has 106 valence electrons. The molecule has 0 aliphatic heterocycles. The second-order valence-electron chi connectivity index (χ2n) is 1.56. The van der Waals surface area contributed by atoms with E-state index >= 15 is 0 Å². The van der Waals surface area contributed by atoms with Gasteiger partial charge in [0.05, 0.1) is 0 Å². The Kier molecular flexibility index (Phi) is 176. The summed E-state index contributed by atoms with van der Waals surface area (Å²) in [5.41, 5.74) is 0. The Hall–Kier alpha value is 2.98. The first-order chi connectivity index (χ1) is 6.20. The van der Waals surface area contributed by atoms with Gasteiger partial charge in [-0.2, -0.15) is 0 Å². The zero-order chi connectivity index (χ0) is 12.7. The average molecular weight is 363 g/mol. The Balaban J connectivity index is -0.00000000941. The SMILES string of the molecule is C=C.CC(=O)O.CC(=O)O.CC(=O)O.N.N.[KH].[KH].[KH]. The summed E-state index contributed by atoms with van der Waals surface area (Å²) >= 11 is 0. The van der Waals surface area contributed by atoms with E-state index in [0.29, 0.717) is 0 Å². The third kappa shape index (κ3) is 851. The maximum atomic E-state index is 9.00. The molecule has 0 heterocycles. The van der Waals surface area contributed by atoms with Gasteiger partial charge >= 0.3 is 154 Å². The van der Waals surface area contributed by atoms with Crippen LogP contribution in [0.25, 0.3) is 0 Å². The van der Waals surface area contributed by atoms with E-state index in [-0.39, 0.29) is 166 Å². The van der Waals surface area contributed by atoms with Gasteiger partial charge in [0.15, 0.2) is 0 Å². The summed E-state index contributed by atoms with van der Waals surface area (Å²) in [4.78, 5) is 27.0. The van der Waals surface area contributed by atoms with Crippen LogP contribution in [0, 0.1) is 0 Å². The van der Waals surface area contributed by atoms with Crippen molar-refractivity contribution in [2.24, 2.45) is 0 Å². The van der Waals surface area contributed by atoms with Crippen molar-refractivity contribution < 1.29 is 29.7 Å². The summed E-state index contributed by atoms with van der Waals surface area (Å²) in [5.74, 6) is -2.50. The van der Waals surface area contributed by atoms with Crippen molar-refractivity contribution in [2.45, 2.75) is 20.8 Å². The predicted molar refractivity (Wildman–Crippen MR) is 82.7 cm³/mol. The van der Waals surface area contributed by atoms with Gasteiger partial charge in [0.25, 0.3) is 17.9 Å². The molecule has 0 fully saturated rings. The molecule has 0 saturated carbocycles. The van der Waals surface area contributed by atoms with Gasteiger partial charge in [0, 0.05) is 20.8 Å². The Morgan fingerprint density at radius 2 is 0.632 bits per heavy atom. The molecule has 0 unspecified atom stereocenters. The van der Waals surface area contributed by atoms with Gasteiger partial charge in [-0.05, 0) is 0 Å². The molecule has 0 aromatic rings. The first kappa shape index (κ1) is 57.4.